The van der Waals surface area contributed by atoms with Crippen molar-refractivity contribution in [2.75, 3.05) is 23.7 Å². The number of fused-ring (bicyclic) bond motifs is 1. The fourth-order valence-corrected chi connectivity index (χ4v) is 5.10. The lowest BCUT2D eigenvalue weighted by Crippen LogP contribution is -2.30. The molecule has 9 heteroatoms. The van der Waals surface area contributed by atoms with Crippen LogP contribution in [0, 0.1) is 0 Å². The predicted octanol–water partition coefficient (Wildman–Crippen LogP) is 3.95. The molecule has 0 unspecified atom stereocenters. The molecule has 0 bridgehead atoms. The zero-order chi connectivity index (χ0) is 20.5. The second-order valence-electron chi connectivity index (χ2n) is 7.92. The molecule has 2 fully saturated rings. The Morgan fingerprint density at radius 2 is 2.13 bits per heavy atom. The molecule has 8 nitrogen and oxygen atoms in total. The van der Waals surface area contributed by atoms with Gasteiger partial charge in [-0.15, -0.1) is 11.3 Å². The minimum Gasteiger partial charge on any atom is -0.364 e. The molecule has 1 aliphatic carbocycles. The Morgan fingerprint density at radius 3 is 2.97 bits per heavy atom. The van der Waals surface area contributed by atoms with E-state index in [0.29, 0.717) is 18.5 Å². The monoisotopic (exact) mass is 423 g/mol. The maximum absolute atomic E-state index is 11.9. The molecule has 0 radical (unpaired) electrons. The van der Waals surface area contributed by atoms with Crippen molar-refractivity contribution < 1.29 is 4.79 Å². The van der Waals surface area contributed by atoms with Crippen LogP contribution in [-0.4, -0.2) is 49.7 Å². The summed E-state index contributed by atoms with van der Waals surface area (Å²) in [6.07, 6.45) is 11.1. The van der Waals surface area contributed by atoms with Gasteiger partial charge in [-0.2, -0.15) is 10.1 Å². The summed E-state index contributed by atoms with van der Waals surface area (Å²) in [5.74, 6) is 1.33. The number of likely N-dealkylation sites (tertiary alicyclic amines) is 1. The molecule has 1 saturated heterocycles. The van der Waals surface area contributed by atoms with Gasteiger partial charge in [-0.05, 0) is 36.8 Å². The van der Waals surface area contributed by atoms with Crippen molar-refractivity contribution in [3.63, 3.8) is 0 Å². The van der Waals surface area contributed by atoms with Gasteiger partial charge in [0.25, 0.3) is 0 Å². The number of anilines is 3. The van der Waals surface area contributed by atoms with Crippen LogP contribution in [0.3, 0.4) is 0 Å². The fourth-order valence-electron chi connectivity index (χ4n) is 4.32. The van der Waals surface area contributed by atoms with E-state index in [9.17, 15) is 4.79 Å². The highest BCUT2D eigenvalue weighted by atomic mass is 32.1. The van der Waals surface area contributed by atoms with E-state index in [-0.39, 0.29) is 11.9 Å². The van der Waals surface area contributed by atoms with Crippen LogP contribution in [0.1, 0.15) is 38.1 Å². The van der Waals surface area contributed by atoms with Crippen LogP contribution in [-0.2, 0) is 4.79 Å². The second-order valence-corrected chi connectivity index (χ2v) is 8.84. The molecular weight excluding hydrogens is 398 g/mol. The third kappa shape index (κ3) is 3.77. The predicted molar refractivity (Wildman–Crippen MR) is 119 cm³/mol. The summed E-state index contributed by atoms with van der Waals surface area (Å²) in [7, 11) is 0. The van der Waals surface area contributed by atoms with Gasteiger partial charge in [-0.3, -0.25) is 9.48 Å². The molecule has 4 heterocycles. The van der Waals surface area contributed by atoms with Gasteiger partial charge < -0.3 is 15.5 Å². The second kappa shape index (κ2) is 8.06. The van der Waals surface area contributed by atoms with Gasteiger partial charge in [0.15, 0.2) is 0 Å². The van der Waals surface area contributed by atoms with Crippen molar-refractivity contribution in [1.29, 1.82) is 0 Å². The summed E-state index contributed by atoms with van der Waals surface area (Å²) in [6.45, 7) is 4.96. The first-order valence-corrected chi connectivity index (χ1v) is 11.3. The third-order valence-electron chi connectivity index (χ3n) is 5.88. The number of thiophene rings is 1. The Labute approximate surface area is 179 Å². The van der Waals surface area contributed by atoms with Crippen LogP contribution >= 0.6 is 11.3 Å². The summed E-state index contributed by atoms with van der Waals surface area (Å²) < 4.78 is 3.08. The van der Waals surface area contributed by atoms with E-state index in [1.807, 2.05) is 28.7 Å². The van der Waals surface area contributed by atoms with Gasteiger partial charge in [-0.25, -0.2) is 4.98 Å². The minimum atomic E-state index is -0.0233. The van der Waals surface area contributed by atoms with Crippen molar-refractivity contribution in [1.82, 2.24) is 24.6 Å². The van der Waals surface area contributed by atoms with Gasteiger partial charge in [0.2, 0.25) is 11.9 Å². The number of carbonyl (C=O) groups excluding carboxylic acids is 1. The Hall–Kier alpha value is -2.94. The topological polar surface area (TPSA) is 88.0 Å². The Kier molecular flexibility index (Phi) is 5.12. The average Bonchev–Trinajstić information content (AvgIpc) is 3.53. The smallest absolute Gasteiger partial charge is 0.246 e. The Morgan fingerprint density at radius 1 is 1.27 bits per heavy atom. The number of aromatic nitrogens is 4. The maximum Gasteiger partial charge on any atom is 0.246 e. The lowest BCUT2D eigenvalue weighted by Gasteiger charge is -2.16. The van der Waals surface area contributed by atoms with Gasteiger partial charge >= 0.3 is 0 Å². The van der Waals surface area contributed by atoms with Crippen molar-refractivity contribution >= 4 is 44.9 Å². The number of hydrogen-bond donors (Lipinski definition) is 2. The van der Waals surface area contributed by atoms with E-state index in [2.05, 4.69) is 32.0 Å². The van der Waals surface area contributed by atoms with Crippen LogP contribution < -0.4 is 10.6 Å². The number of amides is 1. The first-order valence-electron chi connectivity index (χ1n) is 10.4. The van der Waals surface area contributed by atoms with Gasteiger partial charge in [0.1, 0.15) is 5.82 Å². The van der Waals surface area contributed by atoms with Crippen LogP contribution in [0.25, 0.3) is 10.2 Å². The highest BCUT2D eigenvalue weighted by Gasteiger charge is 2.26. The maximum atomic E-state index is 11.9. The highest BCUT2D eigenvalue weighted by molar-refractivity contribution is 7.17. The van der Waals surface area contributed by atoms with Crippen molar-refractivity contribution in [2.45, 2.75) is 44.2 Å². The normalized spacial score (nSPS) is 19.5. The molecule has 5 rings (SSSR count). The molecule has 1 aliphatic heterocycles. The third-order valence-corrected chi connectivity index (χ3v) is 6.79. The molecule has 2 aliphatic rings. The quantitative estimate of drug-likeness (QED) is 0.584. The summed E-state index contributed by atoms with van der Waals surface area (Å²) in [5, 5.41) is 13.4. The standard InChI is InChI=1S/C21H25N7OS/c1-2-18(29)27-9-7-14(12-27)23-20-19-17(8-10-30-19)25-21(26-20)24-15-11-22-28(13-15)16-5-3-4-6-16/h2,8,10-11,13-14,16H,1,3-7,9,12H2,(H2,23,24,25,26)/t14-/m1/s1. The first kappa shape index (κ1) is 19.0. The molecule has 3 aromatic rings. The van der Waals surface area contributed by atoms with E-state index >= 15 is 0 Å². The van der Waals surface area contributed by atoms with Crippen molar-refractivity contribution in [3.05, 3.63) is 36.5 Å². The fraction of sp³-hybridized carbons (Fsp3) is 0.429. The Bertz CT molecular complexity index is 1070. The summed E-state index contributed by atoms with van der Waals surface area (Å²) in [5.41, 5.74) is 1.80. The minimum absolute atomic E-state index is 0.0233. The molecule has 30 heavy (non-hydrogen) atoms. The lowest BCUT2D eigenvalue weighted by molar-refractivity contribution is -0.125. The van der Waals surface area contributed by atoms with Gasteiger partial charge in [0.05, 0.1) is 28.1 Å². The summed E-state index contributed by atoms with van der Waals surface area (Å²) in [6, 6.07) is 2.66. The molecule has 0 aromatic carbocycles. The molecule has 1 saturated carbocycles. The average molecular weight is 424 g/mol. The zero-order valence-electron chi connectivity index (χ0n) is 16.8. The van der Waals surface area contributed by atoms with E-state index in [1.165, 1.54) is 31.8 Å². The van der Waals surface area contributed by atoms with E-state index in [4.69, 9.17) is 4.98 Å². The summed E-state index contributed by atoms with van der Waals surface area (Å²) in [4.78, 5) is 23.1. The van der Waals surface area contributed by atoms with Crippen molar-refractivity contribution in [3.8, 4) is 0 Å². The molecule has 3 aromatic heterocycles. The van der Waals surface area contributed by atoms with E-state index in [1.54, 1.807) is 11.3 Å². The van der Waals surface area contributed by atoms with Crippen molar-refractivity contribution in [2.24, 2.45) is 0 Å². The summed E-state index contributed by atoms with van der Waals surface area (Å²) >= 11 is 1.62. The zero-order valence-corrected chi connectivity index (χ0v) is 17.6. The molecule has 1 amide bonds. The number of nitrogens with zero attached hydrogens (tertiary/aromatic N) is 5. The molecule has 156 valence electrons. The number of rotatable bonds is 6. The van der Waals surface area contributed by atoms with Gasteiger partial charge in [0, 0.05) is 25.3 Å². The largest absolute Gasteiger partial charge is 0.364 e. The molecular formula is C21H25N7OS. The number of nitrogens with one attached hydrogen (secondary N) is 2. The lowest BCUT2D eigenvalue weighted by atomic mass is 10.2. The number of hydrogen-bond acceptors (Lipinski definition) is 7. The van der Waals surface area contributed by atoms with E-state index in [0.717, 1.165) is 34.7 Å². The van der Waals surface area contributed by atoms with Crippen LogP contribution in [0.5, 0.6) is 0 Å². The van der Waals surface area contributed by atoms with Crippen LogP contribution in [0.2, 0.25) is 0 Å². The Balaban J connectivity index is 1.34. The van der Waals surface area contributed by atoms with Crippen LogP contribution in [0.15, 0.2) is 36.5 Å². The molecule has 1 atom stereocenters. The number of carbonyl (C=O) groups is 1. The SMILES string of the molecule is C=CC(=O)N1CC[C@@H](Nc2nc(Nc3cnn(C4CCCC4)c3)nc3ccsc23)C1. The van der Waals surface area contributed by atoms with Gasteiger partial charge in [-0.1, -0.05) is 19.4 Å². The highest BCUT2D eigenvalue weighted by Crippen LogP contribution is 2.31. The van der Waals surface area contributed by atoms with Crippen LogP contribution in [0.4, 0.5) is 17.5 Å². The molecule has 0 spiro atoms. The first-order chi connectivity index (χ1) is 14.7. The van der Waals surface area contributed by atoms with E-state index < -0.39 is 0 Å². The molecule has 2 N–H and O–H groups in total.